The van der Waals surface area contributed by atoms with Gasteiger partial charge >= 0.3 is 18.2 Å². The van der Waals surface area contributed by atoms with Crippen LogP contribution in [0.1, 0.15) is 20.8 Å². The molecule has 2 amide bonds. The van der Waals surface area contributed by atoms with Crippen LogP contribution in [-0.2, 0) is 9.53 Å². The highest BCUT2D eigenvalue weighted by atomic mass is 19.4. The van der Waals surface area contributed by atoms with Crippen LogP contribution in [0.25, 0.3) is 0 Å². The first-order valence-corrected chi connectivity index (χ1v) is 5.94. The molecule has 0 saturated carbocycles. The molecule has 20 heavy (non-hydrogen) atoms. The number of hydrogen-bond acceptors (Lipinski definition) is 4. The number of alkyl halides is 3. The Hall–Kier alpha value is -1.51. The molecule has 1 saturated heterocycles. The van der Waals surface area contributed by atoms with Crippen LogP contribution in [-0.4, -0.2) is 59.0 Å². The predicted molar refractivity (Wildman–Crippen MR) is 61.8 cm³/mol. The van der Waals surface area contributed by atoms with E-state index in [1.165, 1.54) is 0 Å². The molecule has 0 aromatic heterocycles. The zero-order valence-electron chi connectivity index (χ0n) is 11.3. The van der Waals surface area contributed by atoms with Gasteiger partial charge in [-0.05, 0) is 20.8 Å². The van der Waals surface area contributed by atoms with E-state index in [4.69, 9.17) is 4.74 Å². The minimum atomic E-state index is -5.03. The van der Waals surface area contributed by atoms with Gasteiger partial charge < -0.3 is 20.1 Å². The molecule has 0 aromatic carbocycles. The summed E-state index contributed by atoms with van der Waals surface area (Å²) < 4.78 is 41.4. The Morgan fingerprint density at radius 3 is 2.25 bits per heavy atom. The number of aliphatic hydroxyl groups excluding tert-OH is 1. The number of β-amino-alcohol motifs (C(OH)–C–C–N with tert-alkyl or cyclic N) is 1. The second kappa shape index (κ2) is 5.47. The van der Waals surface area contributed by atoms with Crippen LogP contribution >= 0.6 is 0 Å². The molecule has 1 aliphatic rings. The van der Waals surface area contributed by atoms with Crippen molar-refractivity contribution in [3.05, 3.63) is 0 Å². The second-order valence-corrected chi connectivity index (χ2v) is 5.53. The highest BCUT2D eigenvalue weighted by Crippen LogP contribution is 2.19. The van der Waals surface area contributed by atoms with Crippen LogP contribution < -0.4 is 5.32 Å². The quantitative estimate of drug-likeness (QED) is 0.745. The third-order valence-electron chi connectivity index (χ3n) is 2.51. The molecule has 1 heterocycles. The van der Waals surface area contributed by atoms with Gasteiger partial charge in [0.15, 0.2) is 0 Å². The Morgan fingerprint density at radius 2 is 1.80 bits per heavy atom. The predicted octanol–water partition coefficient (Wildman–Crippen LogP) is 0.645. The molecule has 6 nitrogen and oxygen atoms in total. The Bertz CT molecular complexity index is 392. The van der Waals surface area contributed by atoms with E-state index in [-0.39, 0.29) is 13.1 Å². The largest absolute Gasteiger partial charge is 0.471 e. The van der Waals surface area contributed by atoms with Crippen LogP contribution in [0.3, 0.4) is 0 Å². The number of carbonyl (C=O) groups excluding carboxylic acids is 2. The number of halogens is 3. The number of carbonyl (C=O) groups is 2. The average molecular weight is 298 g/mol. The first-order valence-electron chi connectivity index (χ1n) is 5.94. The SMILES string of the molecule is CC(C)(C)OC(=O)N1C[C@@H](O)[C@@H](NC(=O)C(F)(F)F)C1. The molecular formula is C11H17F3N2O4. The van der Waals surface area contributed by atoms with Gasteiger partial charge in [0.2, 0.25) is 0 Å². The highest BCUT2D eigenvalue weighted by Gasteiger charge is 2.43. The Labute approximate surface area is 113 Å². The third kappa shape index (κ3) is 4.55. The summed E-state index contributed by atoms with van der Waals surface area (Å²) in [5.41, 5.74) is -0.755. The number of amides is 2. The Kier molecular flexibility index (Phi) is 4.52. The van der Waals surface area contributed by atoms with E-state index in [1.807, 2.05) is 0 Å². The number of ether oxygens (including phenoxy) is 1. The summed E-state index contributed by atoms with van der Waals surface area (Å²) in [5, 5.41) is 11.2. The molecule has 9 heteroatoms. The molecule has 0 bridgehead atoms. The average Bonchev–Trinajstić information content (AvgIpc) is 2.56. The lowest BCUT2D eigenvalue weighted by Gasteiger charge is -2.24. The molecule has 0 unspecified atom stereocenters. The number of nitrogens with one attached hydrogen (secondary N) is 1. The van der Waals surface area contributed by atoms with Crippen molar-refractivity contribution in [2.45, 2.75) is 44.7 Å². The molecule has 1 aliphatic heterocycles. The van der Waals surface area contributed by atoms with Gasteiger partial charge in [-0.25, -0.2) is 4.79 Å². The van der Waals surface area contributed by atoms with Crippen molar-refractivity contribution < 1.29 is 32.6 Å². The zero-order chi connectivity index (χ0) is 15.7. The lowest BCUT2D eigenvalue weighted by molar-refractivity contribution is -0.174. The van der Waals surface area contributed by atoms with Crippen molar-refractivity contribution in [2.75, 3.05) is 13.1 Å². The van der Waals surface area contributed by atoms with Crippen molar-refractivity contribution in [3.63, 3.8) is 0 Å². The number of rotatable bonds is 1. The molecule has 0 spiro atoms. The van der Waals surface area contributed by atoms with Crippen molar-refractivity contribution in [1.82, 2.24) is 10.2 Å². The molecule has 2 N–H and O–H groups in total. The van der Waals surface area contributed by atoms with Crippen molar-refractivity contribution >= 4 is 12.0 Å². The summed E-state index contributed by atoms with van der Waals surface area (Å²) in [6, 6.07) is -1.17. The van der Waals surface area contributed by atoms with Gasteiger partial charge in [-0.2, -0.15) is 13.2 Å². The summed E-state index contributed by atoms with van der Waals surface area (Å²) in [6.45, 7) is 4.48. The second-order valence-electron chi connectivity index (χ2n) is 5.53. The normalized spacial score (nSPS) is 23.6. The van der Waals surface area contributed by atoms with E-state index < -0.39 is 35.9 Å². The van der Waals surface area contributed by atoms with Gasteiger partial charge in [-0.15, -0.1) is 0 Å². The summed E-state index contributed by atoms with van der Waals surface area (Å²) in [6.07, 6.45) is -7.05. The first-order chi connectivity index (χ1) is 8.90. The molecule has 2 atom stereocenters. The van der Waals surface area contributed by atoms with Crippen molar-refractivity contribution in [1.29, 1.82) is 0 Å². The fraction of sp³-hybridized carbons (Fsp3) is 0.818. The lowest BCUT2D eigenvalue weighted by atomic mass is 10.2. The van der Waals surface area contributed by atoms with Gasteiger partial charge in [0, 0.05) is 6.54 Å². The monoisotopic (exact) mass is 298 g/mol. The number of aliphatic hydroxyl groups is 1. The van der Waals surface area contributed by atoms with Crippen molar-refractivity contribution in [2.24, 2.45) is 0 Å². The minimum Gasteiger partial charge on any atom is -0.444 e. The molecule has 0 aliphatic carbocycles. The van der Waals surface area contributed by atoms with Crippen molar-refractivity contribution in [3.8, 4) is 0 Å². The van der Waals surface area contributed by atoms with Crippen LogP contribution in [0, 0.1) is 0 Å². The summed E-state index contributed by atoms with van der Waals surface area (Å²) in [7, 11) is 0. The van der Waals surface area contributed by atoms with Gasteiger partial charge in [0.05, 0.1) is 18.7 Å². The Balaban J connectivity index is 2.59. The van der Waals surface area contributed by atoms with E-state index in [0.29, 0.717) is 0 Å². The van der Waals surface area contributed by atoms with Gasteiger partial charge in [0.1, 0.15) is 5.60 Å². The molecule has 0 aromatic rings. The van der Waals surface area contributed by atoms with Gasteiger partial charge in [0.25, 0.3) is 0 Å². The summed E-state index contributed by atoms with van der Waals surface area (Å²) in [5.74, 6) is -2.15. The van der Waals surface area contributed by atoms with Gasteiger partial charge in [-0.3, -0.25) is 4.79 Å². The zero-order valence-corrected chi connectivity index (χ0v) is 11.3. The molecular weight excluding hydrogens is 281 g/mol. The van der Waals surface area contributed by atoms with Crippen LogP contribution in [0.2, 0.25) is 0 Å². The van der Waals surface area contributed by atoms with Crippen LogP contribution in [0.15, 0.2) is 0 Å². The van der Waals surface area contributed by atoms with E-state index >= 15 is 0 Å². The molecule has 1 fully saturated rings. The number of likely N-dealkylation sites (tertiary alicyclic amines) is 1. The summed E-state index contributed by atoms with van der Waals surface area (Å²) >= 11 is 0. The van der Waals surface area contributed by atoms with Crippen LogP contribution in [0.4, 0.5) is 18.0 Å². The van der Waals surface area contributed by atoms with E-state index in [2.05, 4.69) is 0 Å². The highest BCUT2D eigenvalue weighted by molar-refractivity contribution is 5.82. The minimum absolute atomic E-state index is 0.197. The lowest BCUT2D eigenvalue weighted by Crippen LogP contribution is -2.48. The smallest absolute Gasteiger partial charge is 0.444 e. The fourth-order valence-electron chi connectivity index (χ4n) is 1.65. The Morgan fingerprint density at radius 1 is 1.25 bits per heavy atom. The maximum atomic E-state index is 12.1. The maximum absolute atomic E-state index is 12.1. The van der Waals surface area contributed by atoms with E-state index in [1.54, 1.807) is 26.1 Å². The van der Waals surface area contributed by atoms with E-state index in [0.717, 1.165) is 4.90 Å². The van der Waals surface area contributed by atoms with Crippen LogP contribution in [0.5, 0.6) is 0 Å². The number of nitrogens with zero attached hydrogens (tertiary/aromatic N) is 1. The summed E-state index contributed by atoms with van der Waals surface area (Å²) in [4.78, 5) is 23.5. The third-order valence-corrected chi connectivity index (χ3v) is 2.51. The van der Waals surface area contributed by atoms with E-state index in [9.17, 15) is 27.9 Å². The molecule has 0 radical (unpaired) electrons. The molecule has 116 valence electrons. The maximum Gasteiger partial charge on any atom is 0.471 e. The molecule has 1 rings (SSSR count). The topological polar surface area (TPSA) is 78.9 Å². The van der Waals surface area contributed by atoms with Gasteiger partial charge in [-0.1, -0.05) is 0 Å². The fourth-order valence-corrected chi connectivity index (χ4v) is 1.65. The standard InChI is InChI=1S/C11H17F3N2O4/c1-10(2,3)20-9(19)16-4-6(7(17)5-16)15-8(18)11(12,13)14/h6-7,17H,4-5H2,1-3H3,(H,15,18)/t6-,7+/m0/s1. The number of hydrogen-bond donors (Lipinski definition) is 2. The first kappa shape index (κ1) is 16.5.